The van der Waals surface area contributed by atoms with Crippen molar-refractivity contribution < 1.29 is 4.79 Å². The van der Waals surface area contributed by atoms with Crippen LogP contribution >= 0.6 is 24.8 Å². The van der Waals surface area contributed by atoms with Crippen molar-refractivity contribution in [3.63, 3.8) is 0 Å². The molecule has 1 atom stereocenters. The lowest BCUT2D eigenvalue weighted by atomic mass is 9.90. The van der Waals surface area contributed by atoms with Crippen molar-refractivity contribution in [2.45, 2.75) is 46.1 Å². The fourth-order valence-corrected chi connectivity index (χ4v) is 3.09. The minimum atomic E-state index is -0.490. The number of carbonyl (C=O) groups excluding carboxylic acids is 1. The number of H-pyrrole nitrogens is 1. The third-order valence-electron chi connectivity index (χ3n) is 4.26. The van der Waals surface area contributed by atoms with Crippen LogP contribution in [0, 0.1) is 12.8 Å². The zero-order valence-corrected chi connectivity index (χ0v) is 18.2. The number of halogens is 2. The predicted octanol–water partition coefficient (Wildman–Crippen LogP) is 2.41. The lowest BCUT2D eigenvalue weighted by Crippen LogP contribution is -2.52. The topological polar surface area (TPSA) is 114 Å². The van der Waals surface area contributed by atoms with Crippen LogP contribution in [0.3, 0.4) is 0 Å². The van der Waals surface area contributed by atoms with E-state index in [-0.39, 0.29) is 42.7 Å². The van der Waals surface area contributed by atoms with Crippen molar-refractivity contribution >= 4 is 30.7 Å². The quantitative estimate of drug-likeness (QED) is 0.624. The number of nitrogens with zero attached hydrogens (tertiary/aromatic N) is 2. The smallest absolute Gasteiger partial charge is 0.255 e. The van der Waals surface area contributed by atoms with Gasteiger partial charge in [0, 0.05) is 41.3 Å². The van der Waals surface area contributed by atoms with Crippen LogP contribution in [0.5, 0.6) is 0 Å². The number of hydrogen-bond donors (Lipinski definition) is 3. The van der Waals surface area contributed by atoms with Gasteiger partial charge in [0.15, 0.2) is 0 Å². The van der Waals surface area contributed by atoms with Crippen molar-refractivity contribution in [2.24, 2.45) is 11.7 Å². The molecular weight excluding hydrogens is 401 g/mol. The molecule has 1 amide bonds. The van der Waals surface area contributed by atoms with Crippen LogP contribution in [0.25, 0.3) is 11.4 Å². The highest BCUT2D eigenvalue weighted by Crippen LogP contribution is 2.16. The number of rotatable bonds is 7. The minimum Gasteiger partial charge on any atom is -0.349 e. The Balaban J connectivity index is 0.00000364. The molecule has 2 rings (SSSR count). The summed E-state index contributed by atoms with van der Waals surface area (Å²) in [5.74, 6) is 0.631. The highest BCUT2D eigenvalue weighted by molar-refractivity contribution is 5.85. The zero-order chi connectivity index (χ0) is 19.3. The molecule has 2 aromatic heterocycles. The molecule has 0 aromatic carbocycles. The van der Waals surface area contributed by atoms with E-state index in [0.717, 1.165) is 12.0 Å². The highest BCUT2D eigenvalue weighted by atomic mass is 35.5. The molecule has 4 N–H and O–H groups in total. The van der Waals surface area contributed by atoms with E-state index in [0.29, 0.717) is 29.5 Å². The fraction of sp³-hybridized carbons (Fsp3) is 0.474. The molecule has 9 heteroatoms. The molecule has 7 nitrogen and oxygen atoms in total. The van der Waals surface area contributed by atoms with Gasteiger partial charge in [-0.3, -0.25) is 14.6 Å². The monoisotopic (exact) mass is 429 g/mol. The van der Waals surface area contributed by atoms with E-state index < -0.39 is 5.54 Å². The van der Waals surface area contributed by atoms with Gasteiger partial charge in [0.05, 0.1) is 6.42 Å². The molecule has 0 bridgehead atoms. The normalized spacial score (nSPS) is 12.5. The Kier molecular flexibility index (Phi) is 10.4. The lowest BCUT2D eigenvalue weighted by molar-refractivity contribution is -0.122. The molecular formula is C19H29Cl2N5O2. The maximum atomic E-state index is 12.5. The van der Waals surface area contributed by atoms with Gasteiger partial charge < -0.3 is 16.0 Å². The summed E-state index contributed by atoms with van der Waals surface area (Å²) in [6.45, 7) is 8.16. The highest BCUT2D eigenvalue weighted by Gasteiger charge is 2.26. The summed E-state index contributed by atoms with van der Waals surface area (Å²) in [6.07, 6.45) is 4.01. The van der Waals surface area contributed by atoms with Gasteiger partial charge in [-0.1, -0.05) is 13.8 Å². The average Bonchev–Trinajstić information content (AvgIpc) is 2.58. The Bertz CT molecular complexity index is 827. The molecule has 0 saturated heterocycles. The first-order valence-electron chi connectivity index (χ1n) is 8.75. The van der Waals surface area contributed by atoms with Crippen molar-refractivity contribution in [1.82, 2.24) is 20.3 Å². The molecule has 0 aliphatic rings. The number of aromatic amines is 1. The summed E-state index contributed by atoms with van der Waals surface area (Å²) in [6, 6.07) is 3.53. The van der Waals surface area contributed by atoms with Crippen molar-refractivity contribution in [3.05, 3.63) is 46.1 Å². The number of hydrogen-bond acceptors (Lipinski definition) is 5. The van der Waals surface area contributed by atoms with Gasteiger partial charge >= 0.3 is 0 Å². The first-order chi connectivity index (χ1) is 12.2. The third kappa shape index (κ3) is 6.89. The molecule has 2 aromatic rings. The molecule has 2 heterocycles. The molecule has 0 fully saturated rings. The molecule has 156 valence electrons. The van der Waals surface area contributed by atoms with E-state index in [1.165, 1.54) is 0 Å². The minimum absolute atomic E-state index is 0. The first-order valence-corrected chi connectivity index (χ1v) is 8.75. The van der Waals surface area contributed by atoms with Crippen LogP contribution in [0.2, 0.25) is 0 Å². The van der Waals surface area contributed by atoms with E-state index in [1.807, 2.05) is 6.92 Å². The Labute approximate surface area is 177 Å². The molecule has 0 aliphatic carbocycles. The molecule has 0 aliphatic heterocycles. The van der Waals surface area contributed by atoms with Crippen LogP contribution in [0.4, 0.5) is 0 Å². The molecule has 1 unspecified atom stereocenters. The second-order valence-electron chi connectivity index (χ2n) is 7.30. The number of nitrogens with two attached hydrogens (primary N) is 1. The Morgan fingerprint density at radius 2 is 1.89 bits per heavy atom. The summed E-state index contributed by atoms with van der Waals surface area (Å²) in [7, 11) is 0. The average molecular weight is 430 g/mol. The summed E-state index contributed by atoms with van der Waals surface area (Å²) < 4.78 is 0. The van der Waals surface area contributed by atoms with Gasteiger partial charge in [-0.05, 0) is 38.3 Å². The maximum Gasteiger partial charge on any atom is 0.255 e. The van der Waals surface area contributed by atoms with E-state index in [4.69, 9.17) is 5.73 Å². The second kappa shape index (κ2) is 11.1. The first kappa shape index (κ1) is 26.0. The molecule has 0 spiro atoms. The van der Waals surface area contributed by atoms with Gasteiger partial charge in [-0.15, -0.1) is 24.8 Å². The van der Waals surface area contributed by atoms with Gasteiger partial charge in [-0.2, -0.15) is 0 Å². The van der Waals surface area contributed by atoms with E-state index >= 15 is 0 Å². The zero-order valence-electron chi connectivity index (χ0n) is 16.6. The van der Waals surface area contributed by atoms with Crippen LogP contribution in [0.1, 0.15) is 38.4 Å². The number of aryl methyl sites for hydroxylation is 1. The predicted molar refractivity (Wildman–Crippen MR) is 116 cm³/mol. The number of aromatic nitrogens is 3. The Hall–Kier alpha value is -1.96. The van der Waals surface area contributed by atoms with Crippen molar-refractivity contribution in [3.8, 4) is 11.4 Å². The molecule has 0 radical (unpaired) electrons. The Morgan fingerprint density at radius 3 is 2.39 bits per heavy atom. The SMILES string of the molecule is Cc1nc(-c2ccncc2)[nH]c(=O)c1CC(=O)NC(C)(CN)CC(C)C.Cl.Cl. The summed E-state index contributed by atoms with van der Waals surface area (Å²) in [5, 5.41) is 2.97. The van der Waals surface area contributed by atoms with Crippen LogP contribution in [-0.2, 0) is 11.2 Å². The second-order valence-corrected chi connectivity index (χ2v) is 7.30. The third-order valence-corrected chi connectivity index (χ3v) is 4.26. The number of amides is 1. The van der Waals surface area contributed by atoms with Crippen molar-refractivity contribution in [1.29, 1.82) is 0 Å². The van der Waals surface area contributed by atoms with Gasteiger partial charge in [0.25, 0.3) is 5.56 Å². The van der Waals surface area contributed by atoms with Gasteiger partial charge in [0.1, 0.15) is 5.82 Å². The van der Waals surface area contributed by atoms with Crippen LogP contribution < -0.4 is 16.6 Å². The fourth-order valence-electron chi connectivity index (χ4n) is 3.09. The van der Waals surface area contributed by atoms with Crippen LogP contribution in [0.15, 0.2) is 29.3 Å². The van der Waals surface area contributed by atoms with Crippen LogP contribution in [-0.4, -0.2) is 32.9 Å². The number of carbonyl (C=O) groups is 1. The molecule has 0 saturated carbocycles. The summed E-state index contributed by atoms with van der Waals surface area (Å²) >= 11 is 0. The standard InChI is InChI=1S/C19H27N5O2.2ClH/c1-12(2)10-19(4,11-20)24-16(25)9-15-13(3)22-17(23-18(15)26)14-5-7-21-8-6-14;;/h5-8,12H,9-11,20H2,1-4H3,(H,24,25)(H,22,23,26);2*1H. The van der Waals surface area contributed by atoms with E-state index in [9.17, 15) is 9.59 Å². The molecule has 28 heavy (non-hydrogen) atoms. The van der Waals surface area contributed by atoms with E-state index in [1.54, 1.807) is 31.5 Å². The summed E-state index contributed by atoms with van der Waals surface area (Å²) in [4.78, 5) is 36.1. The lowest BCUT2D eigenvalue weighted by Gasteiger charge is -2.31. The van der Waals surface area contributed by atoms with E-state index in [2.05, 4.69) is 34.1 Å². The van der Waals surface area contributed by atoms with Gasteiger partial charge in [-0.25, -0.2) is 4.98 Å². The number of pyridine rings is 1. The number of nitrogens with one attached hydrogen (secondary N) is 2. The van der Waals surface area contributed by atoms with Gasteiger partial charge in [0.2, 0.25) is 5.91 Å². The largest absolute Gasteiger partial charge is 0.349 e. The summed E-state index contributed by atoms with van der Waals surface area (Å²) in [5.41, 5.74) is 6.71. The van der Waals surface area contributed by atoms with Crippen molar-refractivity contribution in [2.75, 3.05) is 6.54 Å². The Morgan fingerprint density at radius 1 is 1.29 bits per heavy atom. The maximum absolute atomic E-state index is 12.5.